The summed E-state index contributed by atoms with van der Waals surface area (Å²) in [6.45, 7) is 2.09. The first-order valence-electron chi connectivity index (χ1n) is 8.07. The molecule has 1 aromatic rings. The zero-order valence-electron chi connectivity index (χ0n) is 12.8. The minimum Gasteiger partial charge on any atom is -0.341 e. The molecule has 2 N–H and O–H groups in total. The zero-order valence-corrected chi connectivity index (χ0v) is 12.8. The highest BCUT2D eigenvalue weighted by atomic mass is 16.2. The van der Waals surface area contributed by atoms with Gasteiger partial charge in [-0.25, -0.2) is 0 Å². The van der Waals surface area contributed by atoms with E-state index in [1.165, 1.54) is 0 Å². The van der Waals surface area contributed by atoms with E-state index in [1.807, 2.05) is 35.2 Å². The van der Waals surface area contributed by atoms with E-state index in [0.29, 0.717) is 25.2 Å². The molecule has 118 valence electrons. The number of carbonyl (C=O) groups is 2. The van der Waals surface area contributed by atoms with Crippen LogP contribution in [0.3, 0.4) is 0 Å². The first-order valence-corrected chi connectivity index (χ1v) is 8.07. The standard InChI is InChI=1S/C17H23N3O2/c18-14-8-11-19(12-9-14)17(22)15-7-4-10-20(15)16(21)13-5-2-1-3-6-13/h1-3,5-6,14-15H,4,7-12,18H2. The van der Waals surface area contributed by atoms with E-state index in [-0.39, 0.29) is 23.9 Å². The fourth-order valence-electron chi connectivity index (χ4n) is 3.34. The van der Waals surface area contributed by atoms with Crippen molar-refractivity contribution in [1.29, 1.82) is 0 Å². The number of likely N-dealkylation sites (tertiary alicyclic amines) is 2. The fraction of sp³-hybridized carbons (Fsp3) is 0.529. The molecule has 1 unspecified atom stereocenters. The van der Waals surface area contributed by atoms with Crippen molar-refractivity contribution in [3.05, 3.63) is 35.9 Å². The second kappa shape index (κ2) is 6.48. The van der Waals surface area contributed by atoms with E-state index < -0.39 is 0 Å². The molecule has 5 nitrogen and oxygen atoms in total. The van der Waals surface area contributed by atoms with Gasteiger partial charge in [0.25, 0.3) is 5.91 Å². The normalized spacial score (nSPS) is 22.9. The van der Waals surface area contributed by atoms with E-state index in [2.05, 4.69) is 0 Å². The summed E-state index contributed by atoms with van der Waals surface area (Å²) in [5.41, 5.74) is 6.56. The Labute approximate surface area is 131 Å². The number of benzene rings is 1. The van der Waals surface area contributed by atoms with Gasteiger partial charge in [-0.1, -0.05) is 18.2 Å². The number of amides is 2. The molecule has 0 spiro atoms. The average Bonchev–Trinajstić information content (AvgIpc) is 3.04. The smallest absolute Gasteiger partial charge is 0.254 e. The molecule has 22 heavy (non-hydrogen) atoms. The predicted octanol–water partition coefficient (Wildman–Crippen LogP) is 1.24. The van der Waals surface area contributed by atoms with Crippen molar-refractivity contribution in [2.75, 3.05) is 19.6 Å². The third-order valence-corrected chi connectivity index (χ3v) is 4.67. The Balaban J connectivity index is 1.70. The first kappa shape index (κ1) is 15.0. The highest BCUT2D eigenvalue weighted by Crippen LogP contribution is 2.23. The number of rotatable bonds is 2. The number of piperidine rings is 1. The molecule has 2 fully saturated rings. The van der Waals surface area contributed by atoms with Gasteiger partial charge in [-0.3, -0.25) is 9.59 Å². The van der Waals surface area contributed by atoms with E-state index in [1.54, 1.807) is 4.90 Å². The molecule has 0 saturated carbocycles. The van der Waals surface area contributed by atoms with E-state index in [0.717, 1.165) is 25.7 Å². The summed E-state index contributed by atoms with van der Waals surface area (Å²) in [5.74, 6) is 0.0545. The van der Waals surface area contributed by atoms with Crippen LogP contribution in [0.4, 0.5) is 0 Å². The number of nitrogens with zero attached hydrogens (tertiary/aromatic N) is 2. The van der Waals surface area contributed by atoms with Crippen molar-refractivity contribution in [2.24, 2.45) is 5.73 Å². The van der Waals surface area contributed by atoms with Gasteiger partial charge in [0.15, 0.2) is 0 Å². The number of hydrogen-bond acceptors (Lipinski definition) is 3. The highest BCUT2D eigenvalue weighted by Gasteiger charge is 2.37. The predicted molar refractivity (Wildman–Crippen MR) is 84.3 cm³/mol. The molecule has 2 aliphatic rings. The van der Waals surface area contributed by atoms with Crippen molar-refractivity contribution in [2.45, 2.75) is 37.8 Å². The molecule has 3 rings (SSSR count). The fourth-order valence-corrected chi connectivity index (χ4v) is 3.34. The Bertz CT molecular complexity index is 538. The second-order valence-electron chi connectivity index (χ2n) is 6.19. The zero-order chi connectivity index (χ0) is 15.5. The Kier molecular flexibility index (Phi) is 4.43. The molecule has 0 aromatic heterocycles. The van der Waals surface area contributed by atoms with Crippen LogP contribution in [-0.2, 0) is 4.79 Å². The molecule has 2 saturated heterocycles. The van der Waals surface area contributed by atoms with Crippen molar-refractivity contribution < 1.29 is 9.59 Å². The van der Waals surface area contributed by atoms with Crippen molar-refractivity contribution in [3.63, 3.8) is 0 Å². The molecule has 1 atom stereocenters. The first-order chi connectivity index (χ1) is 10.7. The molecular weight excluding hydrogens is 278 g/mol. The van der Waals surface area contributed by atoms with Crippen LogP contribution in [0.2, 0.25) is 0 Å². The Morgan fingerprint density at radius 2 is 1.68 bits per heavy atom. The molecule has 2 heterocycles. The van der Waals surface area contributed by atoms with Gasteiger partial charge in [0.1, 0.15) is 6.04 Å². The van der Waals surface area contributed by atoms with Gasteiger partial charge >= 0.3 is 0 Å². The van der Waals surface area contributed by atoms with E-state index in [9.17, 15) is 9.59 Å². The minimum absolute atomic E-state index is 0.0369. The lowest BCUT2D eigenvalue weighted by Gasteiger charge is -2.34. The topological polar surface area (TPSA) is 66.6 Å². The van der Waals surface area contributed by atoms with Crippen molar-refractivity contribution >= 4 is 11.8 Å². The van der Waals surface area contributed by atoms with Crippen LogP contribution in [0.15, 0.2) is 30.3 Å². The maximum atomic E-state index is 12.7. The number of nitrogens with two attached hydrogens (primary N) is 1. The van der Waals surface area contributed by atoms with Crippen LogP contribution in [0.25, 0.3) is 0 Å². The van der Waals surface area contributed by atoms with Gasteiger partial charge in [-0.2, -0.15) is 0 Å². The van der Waals surface area contributed by atoms with Gasteiger partial charge in [0, 0.05) is 31.2 Å². The number of carbonyl (C=O) groups excluding carboxylic acids is 2. The van der Waals surface area contributed by atoms with Crippen molar-refractivity contribution in [1.82, 2.24) is 9.80 Å². The lowest BCUT2D eigenvalue weighted by molar-refractivity contribution is -0.136. The Hall–Kier alpha value is -1.88. The summed E-state index contributed by atoms with van der Waals surface area (Å²) < 4.78 is 0. The lowest BCUT2D eigenvalue weighted by atomic mass is 10.0. The quantitative estimate of drug-likeness (QED) is 0.894. The highest BCUT2D eigenvalue weighted by molar-refractivity contribution is 5.97. The van der Waals surface area contributed by atoms with E-state index >= 15 is 0 Å². The maximum absolute atomic E-state index is 12.7. The van der Waals surface area contributed by atoms with Crippen LogP contribution in [0.1, 0.15) is 36.0 Å². The largest absolute Gasteiger partial charge is 0.341 e. The van der Waals surface area contributed by atoms with Crippen LogP contribution < -0.4 is 5.73 Å². The van der Waals surface area contributed by atoms with Gasteiger partial charge < -0.3 is 15.5 Å². The summed E-state index contributed by atoms with van der Waals surface area (Å²) in [6, 6.07) is 9.11. The van der Waals surface area contributed by atoms with Crippen LogP contribution >= 0.6 is 0 Å². The van der Waals surface area contributed by atoms with Gasteiger partial charge in [0.05, 0.1) is 0 Å². The van der Waals surface area contributed by atoms with Crippen LogP contribution in [0, 0.1) is 0 Å². The molecule has 0 bridgehead atoms. The SMILES string of the molecule is NC1CCN(C(=O)C2CCCN2C(=O)c2ccccc2)CC1. The van der Waals surface area contributed by atoms with Crippen LogP contribution in [0.5, 0.6) is 0 Å². The summed E-state index contributed by atoms with van der Waals surface area (Å²) in [6.07, 6.45) is 3.36. The minimum atomic E-state index is -0.304. The second-order valence-corrected chi connectivity index (χ2v) is 6.19. The Morgan fingerprint density at radius 1 is 1.00 bits per heavy atom. The molecule has 0 radical (unpaired) electrons. The third-order valence-electron chi connectivity index (χ3n) is 4.67. The lowest BCUT2D eigenvalue weighted by Crippen LogP contribution is -2.51. The third kappa shape index (κ3) is 2.99. The maximum Gasteiger partial charge on any atom is 0.254 e. The average molecular weight is 301 g/mol. The van der Waals surface area contributed by atoms with Gasteiger partial charge in [0.2, 0.25) is 5.91 Å². The molecule has 0 aliphatic carbocycles. The summed E-state index contributed by atoms with van der Waals surface area (Å²) in [7, 11) is 0. The Morgan fingerprint density at radius 3 is 2.36 bits per heavy atom. The van der Waals surface area contributed by atoms with Crippen molar-refractivity contribution in [3.8, 4) is 0 Å². The summed E-state index contributed by atoms with van der Waals surface area (Å²) in [5, 5.41) is 0. The van der Waals surface area contributed by atoms with Crippen LogP contribution in [-0.4, -0.2) is 53.3 Å². The molecule has 2 amide bonds. The monoisotopic (exact) mass is 301 g/mol. The van der Waals surface area contributed by atoms with Gasteiger partial charge in [-0.15, -0.1) is 0 Å². The molecule has 2 aliphatic heterocycles. The molecular formula is C17H23N3O2. The van der Waals surface area contributed by atoms with Gasteiger partial charge in [-0.05, 0) is 37.8 Å². The van der Waals surface area contributed by atoms with E-state index in [4.69, 9.17) is 5.73 Å². The molecule has 5 heteroatoms. The summed E-state index contributed by atoms with van der Waals surface area (Å²) in [4.78, 5) is 29.0. The molecule has 1 aromatic carbocycles. The summed E-state index contributed by atoms with van der Waals surface area (Å²) >= 11 is 0. The number of hydrogen-bond donors (Lipinski definition) is 1.